The van der Waals surface area contributed by atoms with Crippen LogP contribution in [0.3, 0.4) is 0 Å². The summed E-state index contributed by atoms with van der Waals surface area (Å²) in [5, 5.41) is 6.83. The van der Waals surface area contributed by atoms with Crippen molar-refractivity contribution in [1.82, 2.24) is 14.9 Å². The van der Waals surface area contributed by atoms with Crippen LogP contribution in [0, 0.1) is 6.92 Å². The first-order valence-corrected chi connectivity index (χ1v) is 7.83. The van der Waals surface area contributed by atoms with Crippen LogP contribution in [0.5, 0.6) is 0 Å². The summed E-state index contributed by atoms with van der Waals surface area (Å²) in [5.41, 5.74) is 1.04. The molecule has 5 nitrogen and oxygen atoms in total. The number of rotatable bonds is 3. The minimum Gasteiger partial charge on any atom is -0.373 e. The van der Waals surface area contributed by atoms with Crippen molar-refractivity contribution < 1.29 is 0 Å². The number of hydrogen-bond donors (Lipinski definition) is 2. The number of likely N-dealkylation sites (N-methyl/N-ethyl adjacent to an activating group) is 1. The van der Waals surface area contributed by atoms with Crippen LogP contribution in [0.1, 0.15) is 45.0 Å². The molecule has 21 heavy (non-hydrogen) atoms. The van der Waals surface area contributed by atoms with Gasteiger partial charge in [-0.15, -0.1) is 0 Å². The maximum absolute atomic E-state index is 4.79. The van der Waals surface area contributed by atoms with Gasteiger partial charge in [0, 0.05) is 30.6 Å². The van der Waals surface area contributed by atoms with E-state index in [2.05, 4.69) is 55.3 Å². The van der Waals surface area contributed by atoms with Gasteiger partial charge in [-0.25, -0.2) is 9.97 Å². The zero-order valence-electron chi connectivity index (χ0n) is 14.2. The van der Waals surface area contributed by atoms with Crippen molar-refractivity contribution in [3.63, 3.8) is 0 Å². The Morgan fingerprint density at radius 3 is 2.43 bits per heavy atom. The smallest absolute Gasteiger partial charge is 0.138 e. The van der Waals surface area contributed by atoms with Gasteiger partial charge in [0.2, 0.25) is 0 Å². The zero-order valence-corrected chi connectivity index (χ0v) is 14.2. The standard InChI is InChI=1S/C16H29N5/c1-11-13(17-5)19-15(16(2,3)4)20-14(11)18-12-8-7-9-21(6)10-12/h12H,7-10H2,1-6H3,(H2,17,18,19,20). The van der Waals surface area contributed by atoms with Gasteiger partial charge in [-0.2, -0.15) is 0 Å². The number of aromatic nitrogens is 2. The summed E-state index contributed by atoms with van der Waals surface area (Å²) in [6.07, 6.45) is 2.44. The van der Waals surface area contributed by atoms with Crippen molar-refractivity contribution in [3.8, 4) is 0 Å². The molecule has 0 radical (unpaired) electrons. The van der Waals surface area contributed by atoms with Gasteiger partial charge in [0.15, 0.2) is 0 Å². The molecular formula is C16H29N5. The Balaban J connectivity index is 2.29. The number of anilines is 2. The van der Waals surface area contributed by atoms with E-state index in [0.717, 1.165) is 29.6 Å². The molecule has 0 saturated carbocycles. The predicted octanol–water partition coefficient (Wildman–Crippen LogP) is 2.63. The lowest BCUT2D eigenvalue weighted by Crippen LogP contribution is -2.40. The van der Waals surface area contributed by atoms with Gasteiger partial charge < -0.3 is 15.5 Å². The van der Waals surface area contributed by atoms with E-state index in [4.69, 9.17) is 4.98 Å². The molecule has 1 aliphatic rings. The topological polar surface area (TPSA) is 53.1 Å². The second-order valence-electron chi connectivity index (χ2n) is 7.12. The Kier molecular flexibility index (Phi) is 4.71. The third-order valence-electron chi connectivity index (χ3n) is 4.02. The van der Waals surface area contributed by atoms with E-state index in [9.17, 15) is 0 Å². The lowest BCUT2D eigenvalue weighted by molar-refractivity contribution is 0.260. The minimum atomic E-state index is -0.0565. The van der Waals surface area contributed by atoms with Gasteiger partial charge in [0.25, 0.3) is 0 Å². The molecule has 1 aromatic heterocycles. The van der Waals surface area contributed by atoms with Crippen LogP contribution in [-0.4, -0.2) is 48.1 Å². The summed E-state index contributed by atoms with van der Waals surface area (Å²) in [7, 11) is 4.10. The van der Waals surface area contributed by atoms with E-state index in [-0.39, 0.29) is 5.41 Å². The fraction of sp³-hybridized carbons (Fsp3) is 0.750. The third kappa shape index (κ3) is 3.84. The molecule has 2 N–H and O–H groups in total. The first kappa shape index (κ1) is 16.0. The first-order valence-electron chi connectivity index (χ1n) is 7.83. The summed E-state index contributed by atoms with van der Waals surface area (Å²) in [4.78, 5) is 11.8. The van der Waals surface area contributed by atoms with Crippen molar-refractivity contribution in [1.29, 1.82) is 0 Å². The van der Waals surface area contributed by atoms with Gasteiger partial charge in [-0.05, 0) is 33.4 Å². The molecule has 5 heteroatoms. The van der Waals surface area contributed by atoms with Crippen LogP contribution in [0.15, 0.2) is 0 Å². The fourth-order valence-electron chi connectivity index (χ4n) is 2.71. The highest BCUT2D eigenvalue weighted by molar-refractivity contribution is 5.57. The molecule has 1 aliphatic heterocycles. The maximum atomic E-state index is 4.79. The Bertz CT molecular complexity index is 492. The summed E-state index contributed by atoms with van der Waals surface area (Å²) >= 11 is 0. The zero-order chi connectivity index (χ0) is 15.6. The summed E-state index contributed by atoms with van der Waals surface area (Å²) in [6.45, 7) is 10.8. The Morgan fingerprint density at radius 2 is 1.86 bits per heavy atom. The molecule has 1 unspecified atom stereocenters. The minimum absolute atomic E-state index is 0.0565. The maximum Gasteiger partial charge on any atom is 0.138 e. The highest BCUT2D eigenvalue weighted by atomic mass is 15.2. The average molecular weight is 291 g/mol. The summed E-state index contributed by atoms with van der Waals surface area (Å²) in [5.74, 6) is 2.77. The van der Waals surface area contributed by atoms with E-state index >= 15 is 0 Å². The molecule has 1 atom stereocenters. The van der Waals surface area contributed by atoms with Crippen molar-refractivity contribution in [2.45, 2.75) is 52.0 Å². The highest BCUT2D eigenvalue weighted by Gasteiger charge is 2.23. The highest BCUT2D eigenvalue weighted by Crippen LogP contribution is 2.27. The molecule has 0 spiro atoms. The van der Waals surface area contributed by atoms with Gasteiger partial charge in [-0.3, -0.25) is 0 Å². The van der Waals surface area contributed by atoms with E-state index in [0.29, 0.717) is 6.04 Å². The number of likely N-dealkylation sites (tertiary alicyclic amines) is 1. The molecule has 0 aromatic carbocycles. The number of nitrogens with zero attached hydrogens (tertiary/aromatic N) is 3. The van der Waals surface area contributed by atoms with E-state index in [1.807, 2.05) is 7.05 Å². The largest absolute Gasteiger partial charge is 0.373 e. The van der Waals surface area contributed by atoms with E-state index in [1.54, 1.807) is 0 Å². The molecule has 0 amide bonds. The van der Waals surface area contributed by atoms with Crippen LogP contribution in [0.4, 0.5) is 11.6 Å². The third-order valence-corrected chi connectivity index (χ3v) is 4.02. The summed E-state index contributed by atoms with van der Waals surface area (Å²) < 4.78 is 0. The van der Waals surface area contributed by atoms with Crippen LogP contribution >= 0.6 is 0 Å². The molecule has 1 saturated heterocycles. The summed E-state index contributed by atoms with van der Waals surface area (Å²) in [6, 6.07) is 0.467. The Labute approximate surface area is 128 Å². The van der Waals surface area contributed by atoms with Crippen LogP contribution < -0.4 is 10.6 Å². The predicted molar refractivity (Wildman–Crippen MR) is 89.2 cm³/mol. The van der Waals surface area contributed by atoms with Gasteiger partial charge in [0.1, 0.15) is 17.5 Å². The lowest BCUT2D eigenvalue weighted by Gasteiger charge is -2.31. The molecule has 0 aliphatic carbocycles. The fourth-order valence-corrected chi connectivity index (χ4v) is 2.71. The second-order valence-corrected chi connectivity index (χ2v) is 7.12. The van der Waals surface area contributed by atoms with E-state index in [1.165, 1.54) is 19.4 Å². The van der Waals surface area contributed by atoms with Crippen molar-refractivity contribution in [3.05, 3.63) is 11.4 Å². The van der Waals surface area contributed by atoms with Crippen LogP contribution in [0.2, 0.25) is 0 Å². The van der Waals surface area contributed by atoms with Crippen molar-refractivity contribution in [2.75, 3.05) is 37.8 Å². The number of hydrogen-bond acceptors (Lipinski definition) is 5. The second kappa shape index (κ2) is 6.18. The van der Waals surface area contributed by atoms with E-state index < -0.39 is 0 Å². The average Bonchev–Trinajstić information content (AvgIpc) is 2.40. The van der Waals surface area contributed by atoms with Gasteiger partial charge in [0.05, 0.1) is 0 Å². The Hall–Kier alpha value is -1.36. The van der Waals surface area contributed by atoms with Crippen molar-refractivity contribution >= 4 is 11.6 Å². The van der Waals surface area contributed by atoms with Crippen LogP contribution in [-0.2, 0) is 5.41 Å². The SMILES string of the molecule is CNc1nc(C(C)(C)C)nc(NC2CCCN(C)C2)c1C. The Morgan fingerprint density at radius 1 is 1.19 bits per heavy atom. The lowest BCUT2D eigenvalue weighted by atomic mass is 9.95. The molecule has 2 rings (SSSR count). The van der Waals surface area contributed by atoms with Gasteiger partial charge in [-0.1, -0.05) is 20.8 Å². The molecule has 1 fully saturated rings. The monoisotopic (exact) mass is 291 g/mol. The number of nitrogens with one attached hydrogen (secondary N) is 2. The normalized spacial score (nSPS) is 20.4. The van der Waals surface area contributed by atoms with Crippen LogP contribution in [0.25, 0.3) is 0 Å². The molecule has 2 heterocycles. The molecular weight excluding hydrogens is 262 g/mol. The van der Waals surface area contributed by atoms with Gasteiger partial charge >= 0.3 is 0 Å². The molecule has 118 valence electrons. The van der Waals surface area contributed by atoms with Crippen molar-refractivity contribution in [2.24, 2.45) is 0 Å². The molecule has 1 aromatic rings. The quantitative estimate of drug-likeness (QED) is 0.896. The number of piperidine rings is 1. The first-order chi connectivity index (χ1) is 9.81. The molecule has 0 bridgehead atoms.